The lowest BCUT2D eigenvalue weighted by Crippen LogP contribution is -1.99. The summed E-state index contributed by atoms with van der Waals surface area (Å²) in [5.41, 5.74) is 7.73. The van der Waals surface area contributed by atoms with Crippen LogP contribution >= 0.6 is 11.6 Å². The second-order valence-electron chi connectivity index (χ2n) is 4.48. The molecule has 0 spiro atoms. The smallest absolute Gasteiger partial charge is 0.160 e. The van der Waals surface area contributed by atoms with Crippen LogP contribution in [0.3, 0.4) is 0 Å². The molecule has 0 unspecified atom stereocenters. The molecule has 3 rings (SSSR count). The molecule has 0 bridgehead atoms. The number of anilines is 1. The van der Waals surface area contributed by atoms with Crippen LogP contribution in [0.25, 0.3) is 22.4 Å². The fourth-order valence-electron chi connectivity index (χ4n) is 2.16. The Morgan fingerprint density at radius 2 is 1.85 bits per heavy atom. The third-order valence-corrected chi connectivity index (χ3v) is 3.41. The van der Waals surface area contributed by atoms with E-state index in [1.54, 1.807) is 29.8 Å². The highest BCUT2D eigenvalue weighted by molar-refractivity contribution is 6.31. The third-order valence-electron chi connectivity index (χ3n) is 3.18. The summed E-state index contributed by atoms with van der Waals surface area (Å²) < 4.78 is 28.3. The summed E-state index contributed by atoms with van der Waals surface area (Å²) in [6, 6.07) is 7.24. The first-order valence-electron chi connectivity index (χ1n) is 5.84. The Balaban J connectivity index is 2.30. The Morgan fingerprint density at radius 1 is 1.15 bits per heavy atom. The number of aromatic nitrogens is 2. The van der Waals surface area contributed by atoms with Crippen molar-refractivity contribution in [2.75, 3.05) is 5.73 Å². The third kappa shape index (κ3) is 1.91. The number of hydrogen-bond donors (Lipinski definition) is 1. The van der Waals surface area contributed by atoms with Gasteiger partial charge in [-0.15, -0.1) is 0 Å². The van der Waals surface area contributed by atoms with Gasteiger partial charge in [-0.05, 0) is 24.3 Å². The summed E-state index contributed by atoms with van der Waals surface area (Å²) >= 11 is 5.95. The summed E-state index contributed by atoms with van der Waals surface area (Å²) in [7, 11) is 1.77. The molecule has 0 aliphatic rings. The van der Waals surface area contributed by atoms with Gasteiger partial charge in [-0.2, -0.15) is 0 Å². The number of halogens is 3. The molecule has 2 N–H and O–H groups in total. The predicted octanol–water partition coefficient (Wildman–Crippen LogP) is 3.75. The Hall–Kier alpha value is -2.14. The number of nitrogens with zero attached hydrogens (tertiary/aromatic N) is 2. The maximum Gasteiger partial charge on any atom is 0.160 e. The van der Waals surface area contributed by atoms with Crippen LogP contribution in [0.2, 0.25) is 5.02 Å². The van der Waals surface area contributed by atoms with Gasteiger partial charge in [0, 0.05) is 29.4 Å². The van der Waals surface area contributed by atoms with Gasteiger partial charge in [-0.25, -0.2) is 13.8 Å². The van der Waals surface area contributed by atoms with Crippen LogP contribution in [0.5, 0.6) is 0 Å². The molecule has 0 fully saturated rings. The van der Waals surface area contributed by atoms with Crippen molar-refractivity contribution < 1.29 is 8.78 Å². The van der Waals surface area contributed by atoms with E-state index in [0.717, 1.165) is 17.6 Å². The summed E-state index contributed by atoms with van der Waals surface area (Å²) in [6.07, 6.45) is 0. The molecule has 0 saturated carbocycles. The monoisotopic (exact) mass is 293 g/mol. The van der Waals surface area contributed by atoms with E-state index in [2.05, 4.69) is 4.98 Å². The summed E-state index contributed by atoms with van der Waals surface area (Å²) in [4.78, 5) is 4.39. The van der Waals surface area contributed by atoms with E-state index in [9.17, 15) is 8.78 Å². The quantitative estimate of drug-likeness (QED) is 0.694. The molecule has 3 nitrogen and oxygen atoms in total. The number of aryl methyl sites for hydroxylation is 1. The van der Waals surface area contributed by atoms with Gasteiger partial charge in [0.05, 0.1) is 11.0 Å². The zero-order chi connectivity index (χ0) is 14.4. The molecule has 6 heteroatoms. The van der Waals surface area contributed by atoms with Crippen molar-refractivity contribution in [3.8, 4) is 11.4 Å². The van der Waals surface area contributed by atoms with E-state index < -0.39 is 11.6 Å². The van der Waals surface area contributed by atoms with E-state index >= 15 is 0 Å². The summed E-state index contributed by atoms with van der Waals surface area (Å²) in [6.45, 7) is 0. The second kappa shape index (κ2) is 4.45. The molecule has 0 radical (unpaired) electrons. The Kier molecular flexibility index (Phi) is 2.87. The molecule has 0 atom stereocenters. The number of nitrogen functional groups attached to an aromatic ring is 1. The Labute approximate surface area is 118 Å². The van der Waals surface area contributed by atoms with Crippen LogP contribution in [-0.2, 0) is 7.05 Å². The molecular formula is C14H10ClF2N3. The summed E-state index contributed by atoms with van der Waals surface area (Å²) in [5, 5.41) is 0.574. The first kappa shape index (κ1) is 12.9. The average Bonchev–Trinajstić information content (AvgIpc) is 2.71. The van der Waals surface area contributed by atoms with E-state index in [4.69, 9.17) is 17.3 Å². The van der Waals surface area contributed by atoms with Crippen molar-refractivity contribution >= 4 is 28.3 Å². The van der Waals surface area contributed by atoms with Crippen molar-refractivity contribution in [1.29, 1.82) is 0 Å². The van der Waals surface area contributed by atoms with E-state index in [1.165, 1.54) is 0 Å². The van der Waals surface area contributed by atoms with Gasteiger partial charge in [0.2, 0.25) is 0 Å². The Morgan fingerprint density at radius 3 is 2.60 bits per heavy atom. The molecule has 20 heavy (non-hydrogen) atoms. The minimum Gasteiger partial charge on any atom is -0.398 e. The van der Waals surface area contributed by atoms with Crippen molar-refractivity contribution in [3.05, 3.63) is 47.0 Å². The molecule has 3 aromatic rings. The van der Waals surface area contributed by atoms with Crippen molar-refractivity contribution in [1.82, 2.24) is 9.55 Å². The lowest BCUT2D eigenvalue weighted by Gasteiger charge is -2.07. The molecule has 102 valence electrons. The van der Waals surface area contributed by atoms with Crippen LogP contribution in [-0.4, -0.2) is 9.55 Å². The van der Waals surface area contributed by atoms with Crippen molar-refractivity contribution in [2.24, 2.45) is 7.05 Å². The van der Waals surface area contributed by atoms with Crippen molar-refractivity contribution in [3.63, 3.8) is 0 Å². The van der Waals surface area contributed by atoms with Gasteiger partial charge >= 0.3 is 0 Å². The van der Waals surface area contributed by atoms with Gasteiger partial charge in [-0.3, -0.25) is 0 Å². The topological polar surface area (TPSA) is 43.8 Å². The number of nitrogens with two attached hydrogens (primary N) is 1. The number of fused-ring (bicyclic) bond motifs is 1. The molecule has 0 saturated heterocycles. The van der Waals surface area contributed by atoms with Crippen LogP contribution in [0.15, 0.2) is 30.3 Å². The molecule has 0 aliphatic carbocycles. The molecule has 2 aromatic carbocycles. The normalized spacial score (nSPS) is 11.2. The lowest BCUT2D eigenvalue weighted by atomic mass is 10.1. The minimum atomic E-state index is -0.979. The molecule has 0 amide bonds. The fraction of sp³-hybridized carbons (Fsp3) is 0.0714. The first-order chi connectivity index (χ1) is 9.47. The second-order valence-corrected chi connectivity index (χ2v) is 4.92. The molecular weight excluding hydrogens is 284 g/mol. The van der Waals surface area contributed by atoms with Gasteiger partial charge in [0.15, 0.2) is 11.6 Å². The minimum absolute atomic E-state index is 0.133. The fourth-order valence-corrected chi connectivity index (χ4v) is 2.33. The van der Waals surface area contributed by atoms with Gasteiger partial charge in [-0.1, -0.05) is 11.6 Å². The van der Waals surface area contributed by atoms with Crippen molar-refractivity contribution in [2.45, 2.75) is 0 Å². The Bertz CT molecular complexity index is 827. The number of imidazole rings is 1. The number of rotatable bonds is 1. The lowest BCUT2D eigenvalue weighted by molar-refractivity contribution is 0.509. The van der Waals surface area contributed by atoms with E-state index in [1.807, 2.05) is 0 Å². The zero-order valence-electron chi connectivity index (χ0n) is 10.5. The number of benzene rings is 2. The van der Waals surface area contributed by atoms with E-state index in [0.29, 0.717) is 21.9 Å². The van der Waals surface area contributed by atoms with Gasteiger partial charge in [0.1, 0.15) is 5.82 Å². The van der Waals surface area contributed by atoms with Gasteiger partial charge in [0.25, 0.3) is 0 Å². The van der Waals surface area contributed by atoms with Crippen LogP contribution in [0.1, 0.15) is 0 Å². The SMILES string of the molecule is Cn1c(-c2cc(F)c(F)cc2N)nc2ccc(Cl)cc21. The maximum absolute atomic E-state index is 13.4. The highest BCUT2D eigenvalue weighted by atomic mass is 35.5. The standard InChI is InChI=1S/C14H10ClF2N3/c1-20-13-4-7(15)2-3-12(13)19-14(20)8-5-9(16)10(17)6-11(8)18/h2-6H,18H2,1H3. The summed E-state index contributed by atoms with van der Waals surface area (Å²) in [5.74, 6) is -1.48. The van der Waals surface area contributed by atoms with Crippen LogP contribution in [0.4, 0.5) is 14.5 Å². The average molecular weight is 294 g/mol. The van der Waals surface area contributed by atoms with Gasteiger partial charge < -0.3 is 10.3 Å². The molecule has 1 aromatic heterocycles. The number of hydrogen-bond acceptors (Lipinski definition) is 2. The largest absolute Gasteiger partial charge is 0.398 e. The molecule has 1 heterocycles. The predicted molar refractivity (Wildman–Crippen MR) is 75.5 cm³/mol. The van der Waals surface area contributed by atoms with Crippen LogP contribution in [0, 0.1) is 11.6 Å². The zero-order valence-corrected chi connectivity index (χ0v) is 11.2. The molecule has 0 aliphatic heterocycles. The maximum atomic E-state index is 13.4. The van der Waals surface area contributed by atoms with E-state index in [-0.39, 0.29) is 5.69 Å². The highest BCUT2D eigenvalue weighted by Gasteiger charge is 2.15. The highest BCUT2D eigenvalue weighted by Crippen LogP contribution is 2.30. The first-order valence-corrected chi connectivity index (χ1v) is 6.22. The van der Waals surface area contributed by atoms with Crippen LogP contribution < -0.4 is 5.73 Å².